The standard InChI is InChI=1S/C11H12ClFN2O/c1-7(12)11-14-9-6-8(13)2-3-10(9)15(11)4-5-16/h2-3,6-7,16H,4-5H2,1H3. The van der Waals surface area contributed by atoms with Crippen molar-refractivity contribution in [1.29, 1.82) is 0 Å². The van der Waals surface area contributed by atoms with Crippen molar-refractivity contribution in [3.8, 4) is 0 Å². The van der Waals surface area contributed by atoms with Crippen molar-refractivity contribution < 1.29 is 9.50 Å². The number of aliphatic hydroxyl groups is 1. The molecule has 1 atom stereocenters. The van der Waals surface area contributed by atoms with Gasteiger partial charge in [-0.1, -0.05) is 0 Å². The Labute approximate surface area is 97.5 Å². The minimum atomic E-state index is -0.324. The van der Waals surface area contributed by atoms with Gasteiger partial charge in [0.15, 0.2) is 0 Å². The van der Waals surface area contributed by atoms with Crippen molar-refractivity contribution in [2.75, 3.05) is 6.61 Å². The monoisotopic (exact) mass is 242 g/mol. The molecule has 1 unspecified atom stereocenters. The van der Waals surface area contributed by atoms with Crippen LogP contribution in [0.2, 0.25) is 0 Å². The fraction of sp³-hybridized carbons (Fsp3) is 0.364. The SMILES string of the molecule is CC(Cl)c1nc2cc(F)ccc2n1CCO. The summed E-state index contributed by atoms with van der Waals surface area (Å²) in [6.45, 7) is 2.21. The van der Waals surface area contributed by atoms with Gasteiger partial charge in [-0.2, -0.15) is 0 Å². The van der Waals surface area contributed by atoms with Crippen LogP contribution in [0.3, 0.4) is 0 Å². The summed E-state index contributed by atoms with van der Waals surface area (Å²) >= 11 is 6.00. The Hall–Kier alpha value is -1.13. The largest absolute Gasteiger partial charge is 0.395 e. The highest BCUT2D eigenvalue weighted by Gasteiger charge is 2.14. The molecule has 2 rings (SSSR count). The molecule has 0 spiro atoms. The molecule has 16 heavy (non-hydrogen) atoms. The van der Waals surface area contributed by atoms with E-state index in [1.54, 1.807) is 13.0 Å². The molecule has 1 aromatic heterocycles. The van der Waals surface area contributed by atoms with Crippen molar-refractivity contribution in [3.05, 3.63) is 29.8 Å². The Morgan fingerprint density at radius 2 is 2.31 bits per heavy atom. The van der Waals surface area contributed by atoms with E-state index in [9.17, 15) is 4.39 Å². The maximum atomic E-state index is 13.0. The first-order valence-corrected chi connectivity index (χ1v) is 5.47. The molecular formula is C11H12ClFN2O. The second kappa shape index (κ2) is 4.39. The molecule has 86 valence electrons. The Kier molecular flexibility index (Phi) is 3.12. The zero-order valence-corrected chi connectivity index (χ0v) is 9.58. The number of aliphatic hydroxyl groups excluding tert-OH is 1. The summed E-state index contributed by atoms with van der Waals surface area (Å²) < 4.78 is 14.8. The van der Waals surface area contributed by atoms with Crippen LogP contribution in [0.1, 0.15) is 18.1 Å². The Balaban J connectivity index is 2.65. The molecule has 5 heteroatoms. The van der Waals surface area contributed by atoms with Crippen LogP contribution in [-0.2, 0) is 6.54 Å². The summed E-state index contributed by atoms with van der Waals surface area (Å²) in [5, 5.41) is 8.72. The van der Waals surface area contributed by atoms with Gasteiger partial charge < -0.3 is 9.67 Å². The molecule has 0 radical (unpaired) electrons. The first-order valence-electron chi connectivity index (χ1n) is 5.04. The molecular weight excluding hydrogens is 231 g/mol. The van der Waals surface area contributed by atoms with Crippen LogP contribution < -0.4 is 0 Å². The minimum Gasteiger partial charge on any atom is -0.395 e. The molecule has 0 fully saturated rings. The summed E-state index contributed by atoms with van der Waals surface area (Å²) in [4.78, 5) is 4.27. The third-order valence-electron chi connectivity index (χ3n) is 2.42. The lowest BCUT2D eigenvalue weighted by atomic mass is 10.3. The van der Waals surface area contributed by atoms with E-state index >= 15 is 0 Å². The Morgan fingerprint density at radius 1 is 1.56 bits per heavy atom. The van der Waals surface area contributed by atoms with E-state index in [2.05, 4.69) is 4.98 Å². The first-order chi connectivity index (χ1) is 7.63. The molecule has 1 heterocycles. The van der Waals surface area contributed by atoms with Crippen LogP contribution in [0.15, 0.2) is 18.2 Å². The topological polar surface area (TPSA) is 38.0 Å². The molecule has 1 aromatic carbocycles. The van der Waals surface area contributed by atoms with Crippen LogP contribution in [0, 0.1) is 5.82 Å². The molecule has 0 aliphatic heterocycles. The predicted molar refractivity (Wildman–Crippen MR) is 61.0 cm³/mol. The highest BCUT2D eigenvalue weighted by atomic mass is 35.5. The number of alkyl halides is 1. The van der Waals surface area contributed by atoms with Gasteiger partial charge in [0.25, 0.3) is 0 Å². The number of nitrogens with zero attached hydrogens (tertiary/aromatic N) is 2. The first kappa shape index (κ1) is 11.4. The fourth-order valence-electron chi connectivity index (χ4n) is 1.76. The molecule has 0 aliphatic carbocycles. The molecule has 0 aliphatic rings. The Morgan fingerprint density at radius 3 is 2.94 bits per heavy atom. The van der Waals surface area contributed by atoms with Gasteiger partial charge in [0.1, 0.15) is 11.6 Å². The molecule has 2 aromatic rings. The maximum Gasteiger partial charge on any atom is 0.127 e. The van der Waals surface area contributed by atoms with E-state index in [4.69, 9.17) is 16.7 Å². The second-order valence-corrected chi connectivity index (χ2v) is 4.25. The van der Waals surface area contributed by atoms with Gasteiger partial charge in [-0.05, 0) is 19.1 Å². The van der Waals surface area contributed by atoms with Crippen molar-refractivity contribution in [2.24, 2.45) is 0 Å². The van der Waals surface area contributed by atoms with E-state index in [-0.39, 0.29) is 17.8 Å². The van der Waals surface area contributed by atoms with Gasteiger partial charge >= 0.3 is 0 Å². The average Bonchev–Trinajstić information content (AvgIpc) is 2.57. The third-order valence-corrected chi connectivity index (χ3v) is 2.61. The van der Waals surface area contributed by atoms with E-state index in [0.717, 1.165) is 5.52 Å². The highest BCUT2D eigenvalue weighted by Crippen LogP contribution is 2.24. The summed E-state index contributed by atoms with van der Waals surface area (Å²) in [7, 11) is 0. The lowest BCUT2D eigenvalue weighted by Gasteiger charge is -2.08. The number of halogens is 2. The lowest BCUT2D eigenvalue weighted by Crippen LogP contribution is -2.07. The number of rotatable bonds is 3. The van der Waals surface area contributed by atoms with Crippen LogP contribution in [0.5, 0.6) is 0 Å². The molecule has 0 amide bonds. The number of benzene rings is 1. The number of imidazole rings is 1. The van der Waals surface area contributed by atoms with Crippen LogP contribution >= 0.6 is 11.6 Å². The van der Waals surface area contributed by atoms with Gasteiger partial charge in [0, 0.05) is 12.6 Å². The van der Waals surface area contributed by atoms with E-state index in [0.29, 0.717) is 17.9 Å². The van der Waals surface area contributed by atoms with E-state index in [1.165, 1.54) is 12.1 Å². The minimum absolute atomic E-state index is 0.000550. The summed E-state index contributed by atoms with van der Waals surface area (Å²) in [5.74, 6) is 0.325. The molecule has 0 bridgehead atoms. The van der Waals surface area contributed by atoms with Gasteiger partial charge in [0.2, 0.25) is 0 Å². The molecule has 3 nitrogen and oxygen atoms in total. The maximum absolute atomic E-state index is 13.0. The van der Waals surface area contributed by atoms with Gasteiger partial charge in [0.05, 0.1) is 23.0 Å². The zero-order valence-electron chi connectivity index (χ0n) is 8.82. The smallest absolute Gasteiger partial charge is 0.127 e. The predicted octanol–water partition coefficient (Wildman–Crippen LogP) is 2.47. The fourth-order valence-corrected chi connectivity index (χ4v) is 1.93. The average molecular weight is 243 g/mol. The zero-order chi connectivity index (χ0) is 11.7. The third kappa shape index (κ3) is 1.90. The molecule has 1 N–H and O–H groups in total. The van der Waals surface area contributed by atoms with Gasteiger partial charge in [-0.15, -0.1) is 11.6 Å². The van der Waals surface area contributed by atoms with Crippen LogP contribution in [0.4, 0.5) is 4.39 Å². The van der Waals surface area contributed by atoms with E-state index in [1.807, 2.05) is 4.57 Å². The van der Waals surface area contributed by atoms with Gasteiger partial charge in [-0.3, -0.25) is 0 Å². The van der Waals surface area contributed by atoms with Crippen molar-refractivity contribution in [3.63, 3.8) is 0 Å². The van der Waals surface area contributed by atoms with Crippen LogP contribution in [-0.4, -0.2) is 21.3 Å². The number of hydrogen-bond donors (Lipinski definition) is 1. The molecule has 0 saturated heterocycles. The van der Waals surface area contributed by atoms with Crippen LogP contribution in [0.25, 0.3) is 11.0 Å². The van der Waals surface area contributed by atoms with Crippen molar-refractivity contribution >= 4 is 22.6 Å². The number of aromatic nitrogens is 2. The normalized spacial score (nSPS) is 13.2. The summed E-state index contributed by atoms with van der Waals surface area (Å²) in [5.41, 5.74) is 1.36. The van der Waals surface area contributed by atoms with Crippen molar-refractivity contribution in [2.45, 2.75) is 18.8 Å². The number of hydrogen-bond acceptors (Lipinski definition) is 2. The quantitative estimate of drug-likeness (QED) is 0.840. The lowest BCUT2D eigenvalue weighted by molar-refractivity contribution is 0.276. The summed E-state index contributed by atoms with van der Waals surface area (Å²) in [6.07, 6.45) is 0. The summed E-state index contributed by atoms with van der Waals surface area (Å²) in [6, 6.07) is 4.39. The second-order valence-electron chi connectivity index (χ2n) is 3.59. The highest BCUT2D eigenvalue weighted by molar-refractivity contribution is 6.20. The number of fused-ring (bicyclic) bond motifs is 1. The Bertz CT molecular complexity index is 510. The van der Waals surface area contributed by atoms with Gasteiger partial charge in [-0.25, -0.2) is 9.37 Å². The molecule has 0 saturated carbocycles. The van der Waals surface area contributed by atoms with Crippen molar-refractivity contribution in [1.82, 2.24) is 9.55 Å². The van der Waals surface area contributed by atoms with E-state index < -0.39 is 0 Å².